The van der Waals surface area contributed by atoms with Crippen LogP contribution in [0.5, 0.6) is 5.75 Å². The van der Waals surface area contributed by atoms with E-state index in [0.29, 0.717) is 23.9 Å². The first-order chi connectivity index (χ1) is 9.72. The van der Waals surface area contributed by atoms with Crippen molar-refractivity contribution in [2.45, 2.75) is 6.61 Å². The van der Waals surface area contributed by atoms with E-state index in [4.69, 9.17) is 15.2 Å². The Morgan fingerprint density at radius 1 is 1.30 bits per heavy atom. The van der Waals surface area contributed by atoms with Gasteiger partial charge in [0.15, 0.2) is 5.82 Å². The van der Waals surface area contributed by atoms with E-state index in [1.165, 1.54) is 11.3 Å². The summed E-state index contributed by atoms with van der Waals surface area (Å²) in [7, 11) is 3.20. The lowest BCUT2D eigenvalue weighted by Gasteiger charge is -2.04. The zero-order valence-corrected chi connectivity index (χ0v) is 11.8. The Morgan fingerprint density at radius 2 is 2.15 bits per heavy atom. The third-order valence-electron chi connectivity index (χ3n) is 2.81. The van der Waals surface area contributed by atoms with E-state index in [1.54, 1.807) is 18.7 Å². The highest BCUT2D eigenvalue weighted by molar-refractivity contribution is 7.19. The molecular formula is C12H13N5O2S. The maximum absolute atomic E-state index is 5.91. The number of nitrogen functional groups attached to an aromatic ring is 1. The lowest BCUT2D eigenvalue weighted by molar-refractivity contribution is 0.176. The Kier molecular flexibility index (Phi) is 3.25. The smallest absolute Gasteiger partial charge is 0.235 e. The number of rotatable bonds is 4. The van der Waals surface area contributed by atoms with E-state index in [-0.39, 0.29) is 0 Å². The average Bonchev–Trinajstić information content (AvgIpc) is 3.01. The molecule has 7 nitrogen and oxygen atoms in total. The lowest BCUT2D eigenvalue weighted by Crippen LogP contribution is -1.97. The molecule has 0 fully saturated rings. The van der Waals surface area contributed by atoms with Crippen molar-refractivity contribution in [3.63, 3.8) is 0 Å². The molecule has 0 amide bonds. The van der Waals surface area contributed by atoms with E-state index in [9.17, 15) is 0 Å². The van der Waals surface area contributed by atoms with Gasteiger partial charge < -0.3 is 15.2 Å². The molecule has 0 saturated heterocycles. The Morgan fingerprint density at radius 3 is 2.85 bits per heavy atom. The monoisotopic (exact) mass is 291 g/mol. The summed E-state index contributed by atoms with van der Waals surface area (Å²) in [6, 6.07) is 5.57. The number of anilines is 1. The SMILES string of the molecule is COCc1nnc2sc(-c3ccc(OC)c(N)c3)nn12. The number of fused-ring (bicyclic) bond motifs is 1. The van der Waals surface area contributed by atoms with Crippen molar-refractivity contribution in [3.05, 3.63) is 24.0 Å². The van der Waals surface area contributed by atoms with Gasteiger partial charge in [0.2, 0.25) is 4.96 Å². The molecule has 3 rings (SSSR count). The topological polar surface area (TPSA) is 87.6 Å². The second-order valence-electron chi connectivity index (χ2n) is 4.11. The fourth-order valence-electron chi connectivity index (χ4n) is 1.86. The standard InChI is InChI=1S/C12H13N5O2S/c1-18-6-10-14-15-12-17(10)16-11(20-12)7-3-4-9(19-2)8(13)5-7/h3-5H,6,13H2,1-2H3. The van der Waals surface area contributed by atoms with Gasteiger partial charge in [-0.1, -0.05) is 11.3 Å². The van der Waals surface area contributed by atoms with E-state index < -0.39 is 0 Å². The first-order valence-electron chi connectivity index (χ1n) is 5.87. The summed E-state index contributed by atoms with van der Waals surface area (Å²) in [6.45, 7) is 0.370. The number of nitrogens with two attached hydrogens (primary N) is 1. The molecule has 0 atom stereocenters. The zero-order valence-electron chi connectivity index (χ0n) is 11.0. The second kappa shape index (κ2) is 5.06. The summed E-state index contributed by atoms with van der Waals surface area (Å²) in [4.78, 5) is 0.724. The van der Waals surface area contributed by atoms with Crippen LogP contribution in [-0.2, 0) is 11.3 Å². The van der Waals surface area contributed by atoms with Crippen LogP contribution in [0.2, 0.25) is 0 Å². The Labute approximate surface area is 119 Å². The van der Waals surface area contributed by atoms with Crippen LogP contribution in [0.25, 0.3) is 15.5 Å². The fourth-order valence-corrected chi connectivity index (χ4v) is 2.72. The van der Waals surface area contributed by atoms with Crippen LogP contribution in [-0.4, -0.2) is 34.0 Å². The van der Waals surface area contributed by atoms with Gasteiger partial charge in [-0.2, -0.15) is 9.61 Å². The van der Waals surface area contributed by atoms with Crippen LogP contribution in [0.3, 0.4) is 0 Å². The number of hydrogen-bond acceptors (Lipinski definition) is 7. The highest BCUT2D eigenvalue weighted by atomic mass is 32.1. The van der Waals surface area contributed by atoms with Gasteiger partial charge in [0.1, 0.15) is 17.4 Å². The summed E-state index contributed by atoms with van der Waals surface area (Å²) in [6.07, 6.45) is 0. The molecule has 0 spiro atoms. The number of ether oxygens (including phenoxy) is 2. The number of benzene rings is 1. The maximum atomic E-state index is 5.91. The fraction of sp³-hybridized carbons (Fsp3) is 0.250. The number of aromatic nitrogens is 4. The molecule has 3 aromatic rings. The summed E-state index contributed by atoms with van der Waals surface area (Å²) < 4.78 is 11.9. The molecule has 0 bridgehead atoms. The van der Waals surface area contributed by atoms with Gasteiger partial charge in [-0.05, 0) is 18.2 Å². The maximum Gasteiger partial charge on any atom is 0.235 e. The van der Waals surface area contributed by atoms with Gasteiger partial charge in [0, 0.05) is 12.7 Å². The molecule has 2 heterocycles. The minimum absolute atomic E-state index is 0.370. The molecule has 0 aliphatic rings. The summed E-state index contributed by atoms with van der Waals surface area (Å²) in [5, 5.41) is 13.4. The molecular weight excluding hydrogens is 278 g/mol. The highest BCUT2D eigenvalue weighted by Crippen LogP contribution is 2.30. The molecule has 104 valence electrons. The van der Waals surface area contributed by atoms with Gasteiger partial charge in [-0.15, -0.1) is 10.2 Å². The largest absolute Gasteiger partial charge is 0.495 e. The van der Waals surface area contributed by atoms with Gasteiger partial charge in [0.25, 0.3) is 0 Å². The van der Waals surface area contributed by atoms with Gasteiger partial charge in [0.05, 0.1) is 12.8 Å². The lowest BCUT2D eigenvalue weighted by atomic mass is 10.2. The number of hydrogen-bond donors (Lipinski definition) is 1. The average molecular weight is 291 g/mol. The van der Waals surface area contributed by atoms with Crippen molar-refractivity contribution in [2.24, 2.45) is 0 Å². The molecule has 8 heteroatoms. The Balaban J connectivity index is 2.03. The van der Waals surface area contributed by atoms with Gasteiger partial charge >= 0.3 is 0 Å². The first kappa shape index (κ1) is 12.8. The van der Waals surface area contributed by atoms with Crippen molar-refractivity contribution in [2.75, 3.05) is 20.0 Å². The van der Waals surface area contributed by atoms with Crippen LogP contribution in [0.4, 0.5) is 5.69 Å². The van der Waals surface area contributed by atoms with Crippen LogP contribution in [0.1, 0.15) is 5.82 Å². The molecule has 0 unspecified atom stereocenters. The molecule has 0 aliphatic heterocycles. The second-order valence-corrected chi connectivity index (χ2v) is 5.06. The quantitative estimate of drug-likeness (QED) is 0.734. The Bertz CT molecular complexity index is 751. The zero-order chi connectivity index (χ0) is 14.1. The summed E-state index contributed by atoms with van der Waals surface area (Å²) in [5.74, 6) is 1.32. The third-order valence-corrected chi connectivity index (χ3v) is 3.75. The van der Waals surface area contributed by atoms with Crippen molar-refractivity contribution in [1.82, 2.24) is 19.8 Å². The summed E-state index contributed by atoms with van der Waals surface area (Å²) >= 11 is 1.45. The van der Waals surface area contributed by atoms with E-state index >= 15 is 0 Å². The molecule has 0 radical (unpaired) electrons. The summed E-state index contributed by atoms with van der Waals surface area (Å²) in [5.41, 5.74) is 7.41. The molecule has 20 heavy (non-hydrogen) atoms. The van der Waals surface area contributed by atoms with Crippen molar-refractivity contribution < 1.29 is 9.47 Å². The van der Waals surface area contributed by atoms with Crippen LogP contribution in [0, 0.1) is 0 Å². The van der Waals surface area contributed by atoms with E-state index in [1.807, 2.05) is 18.2 Å². The molecule has 2 aromatic heterocycles. The van der Waals surface area contributed by atoms with Crippen LogP contribution >= 0.6 is 11.3 Å². The van der Waals surface area contributed by atoms with Crippen molar-refractivity contribution in [1.29, 1.82) is 0 Å². The Hall–Kier alpha value is -2.19. The molecule has 0 aliphatic carbocycles. The minimum atomic E-state index is 0.370. The van der Waals surface area contributed by atoms with Crippen molar-refractivity contribution >= 4 is 22.0 Å². The van der Waals surface area contributed by atoms with Gasteiger partial charge in [-0.25, -0.2) is 0 Å². The highest BCUT2D eigenvalue weighted by Gasteiger charge is 2.13. The minimum Gasteiger partial charge on any atom is -0.495 e. The predicted molar refractivity (Wildman–Crippen MR) is 75.8 cm³/mol. The molecule has 0 saturated carbocycles. The normalized spacial score (nSPS) is 11.1. The molecule has 2 N–H and O–H groups in total. The predicted octanol–water partition coefficient (Wildman–Crippen LogP) is 1.59. The van der Waals surface area contributed by atoms with E-state index in [2.05, 4.69) is 15.3 Å². The van der Waals surface area contributed by atoms with Crippen LogP contribution in [0.15, 0.2) is 18.2 Å². The number of methoxy groups -OCH3 is 2. The van der Waals surface area contributed by atoms with Crippen LogP contribution < -0.4 is 10.5 Å². The van der Waals surface area contributed by atoms with Crippen molar-refractivity contribution in [3.8, 4) is 16.3 Å². The first-order valence-corrected chi connectivity index (χ1v) is 6.68. The third kappa shape index (κ3) is 2.08. The van der Waals surface area contributed by atoms with E-state index in [0.717, 1.165) is 15.5 Å². The number of nitrogens with zero attached hydrogens (tertiary/aromatic N) is 4. The van der Waals surface area contributed by atoms with Gasteiger partial charge in [-0.3, -0.25) is 0 Å². The molecule has 1 aromatic carbocycles.